The first-order chi connectivity index (χ1) is 16.2. The van der Waals surface area contributed by atoms with Crippen molar-refractivity contribution in [2.45, 2.75) is 26.3 Å². The molecule has 0 fully saturated rings. The van der Waals surface area contributed by atoms with Crippen LogP contribution in [0.1, 0.15) is 40.4 Å². The van der Waals surface area contributed by atoms with E-state index < -0.39 is 0 Å². The van der Waals surface area contributed by atoms with Crippen molar-refractivity contribution in [2.75, 3.05) is 19.9 Å². The van der Waals surface area contributed by atoms with E-state index in [1.54, 1.807) is 12.1 Å². The number of aryl methyl sites for hydroxylation is 1. The molecule has 2 aliphatic rings. The van der Waals surface area contributed by atoms with Gasteiger partial charge in [0.1, 0.15) is 24.0 Å². The molecule has 0 aliphatic carbocycles. The van der Waals surface area contributed by atoms with Crippen molar-refractivity contribution in [3.05, 3.63) is 94.7 Å². The molecule has 5 nitrogen and oxygen atoms in total. The number of rotatable bonds is 7. The Morgan fingerprint density at radius 3 is 2.64 bits per heavy atom. The number of nitrogens with zero attached hydrogens (tertiary/aromatic N) is 1. The fourth-order valence-electron chi connectivity index (χ4n) is 4.28. The third-order valence-corrected chi connectivity index (χ3v) is 5.95. The minimum absolute atomic E-state index is 0.0946. The Balaban J connectivity index is 1.29. The van der Waals surface area contributed by atoms with Crippen LogP contribution in [-0.4, -0.2) is 30.6 Å². The Labute approximate surface area is 194 Å². The Morgan fingerprint density at radius 1 is 1.03 bits per heavy atom. The number of carbonyl (C=O) groups excluding carboxylic acids is 1. The van der Waals surface area contributed by atoms with Gasteiger partial charge in [-0.05, 0) is 61.2 Å². The predicted octanol–water partition coefficient (Wildman–Crippen LogP) is 5.49. The first-order valence-corrected chi connectivity index (χ1v) is 11.4. The molecule has 168 valence electrons. The van der Waals surface area contributed by atoms with Crippen molar-refractivity contribution >= 4 is 11.9 Å². The van der Waals surface area contributed by atoms with Crippen LogP contribution in [0.5, 0.6) is 17.2 Å². The van der Waals surface area contributed by atoms with Crippen LogP contribution < -0.4 is 14.2 Å². The van der Waals surface area contributed by atoms with Gasteiger partial charge in [-0.15, -0.1) is 0 Å². The third kappa shape index (κ3) is 4.64. The molecule has 0 aromatic heterocycles. The lowest BCUT2D eigenvalue weighted by molar-refractivity contribution is 0.0928. The van der Waals surface area contributed by atoms with E-state index >= 15 is 0 Å². The number of ketones is 1. The third-order valence-electron chi connectivity index (χ3n) is 5.95. The van der Waals surface area contributed by atoms with Gasteiger partial charge in [0, 0.05) is 13.1 Å². The molecule has 0 saturated carbocycles. The van der Waals surface area contributed by atoms with Gasteiger partial charge in [-0.3, -0.25) is 9.69 Å². The van der Waals surface area contributed by atoms with Crippen molar-refractivity contribution in [1.82, 2.24) is 4.90 Å². The second-order valence-electron chi connectivity index (χ2n) is 8.28. The van der Waals surface area contributed by atoms with Gasteiger partial charge in [0.05, 0.1) is 17.7 Å². The van der Waals surface area contributed by atoms with E-state index in [0.717, 1.165) is 42.0 Å². The lowest BCUT2D eigenvalue weighted by Gasteiger charge is -2.29. The molecule has 0 radical (unpaired) electrons. The SMILES string of the molecule is CCOc1ccc(/C=C2\Oc3c(ccc4c3CN(CCCc3ccccc3)CO4)C2=O)cc1. The summed E-state index contributed by atoms with van der Waals surface area (Å²) in [5.74, 6) is 2.47. The van der Waals surface area contributed by atoms with Crippen LogP contribution >= 0.6 is 0 Å². The molecule has 0 spiro atoms. The van der Waals surface area contributed by atoms with Crippen LogP contribution in [0.3, 0.4) is 0 Å². The zero-order valence-corrected chi connectivity index (χ0v) is 18.8. The molecule has 5 heteroatoms. The molecule has 3 aromatic carbocycles. The molecule has 0 saturated heterocycles. The summed E-state index contributed by atoms with van der Waals surface area (Å²) >= 11 is 0. The summed E-state index contributed by atoms with van der Waals surface area (Å²) < 4.78 is 17.6. The number of hydrogen-bond acceptors (Lipinski definition) is 5. The standard InChI is InChI=1S/C28H27NO4/c1-2-31-22-12-10-21(11-13-22)17-26-27(30)23-14-15-25-24(28(23)33-26)18-29(19-32-25)16-6-9-20-7-4-3-5-8-20/h3-5,7-8,10-15,17H,2,6,9,16,18-19H2,1H3/b26-17-. The molecule has 2 aliphatic heterocycles. The van der Waals surface area contributed by atoms with Crippen molar-refractivity contribution in [2.24, 2.45) is 0 Å². The topological polar surface area (TPSA) is 48.0 Å². The van der Waals surface area contributed by atoms with Crippen molar-refractivity contribution in [3.63, 3.8) is 0 Å². The summed E-state index contributed by atoms with van der Waals surface area (Å²) in [6.45, 7) is 4.74. The number of Topliss-reactive ketones (excluding diaryl/α,β-unsaturated/α-hetero) is 1. The van der Waals surface area contributed by atoms with Crippen LogP contribution in [0.4, 0.5) is 0 Å². The van der Waals surface area contributed by atoms with Crippen LogP contribution in [0.2, 0.25) is 0 Å². The molecule has 0 N–H and O–H groups in total. The lowest BCUT2D eigenvalue weighted by atomic mass is 10.0. The Bertz CT molecular complexity index is 1170. The Morgan fingerprint density at radius 2 is 1.85 bits per heavy atom. The Hall–Kier alpha value is -3.57. The summed E-state index contributed by atoms with van der Waals surface area (Å²) in [7, 11) is 0. The van der Waals surface area contributed by atoms with E-state index in [-0.39, 0.29) is 5.78 Å². The second-order valence-corrected chi connectivity index (χ2v) is 8.28. The molecule has 5 rings (SSSR count). The Kier molecular flexibility index (Phi) is 6.13. The highest BCUT2D eigenvalue weighted by Gasteiger charge is 2.33. The molecule has 33 heavy (non-hydrogen) atoms. The van der Waals surface area contributed by atoms with Crippen LogP contribution in [0.25, 0.3) is 6.08 Å². The highest BCUT2D eigenvalue weighted by Crippen LogP contribution is 2.42. The van der Waals surface area contributed by atoms with Crippen molar-refractivity contribution in [1.29, 1.82) is 0 Å². The molecule has 0 amide bonds. The van der Waals surface area contributed by atoms with Gasteiger partial charge in [-0.1, -0.05) is 42.5 Å². The summed E-state index contributed by atoms with van der Waals surface area (Å²) in [5.41, 5.74) is 3.78. The molecule has 2 heterocycles. The highest BCUT2D eigenvalue weighted by molar-refractivity contribution is 6.15. The van der Waals surface area contributed by atoms with Crippen LogP contribution in [0.15, 0.2) is 72.5 Å². The lowest BCUT2D eigenvalue weighted by Crippen LogP contribution is -2.33. The van der Waals surface area contributed by atoms with E-state index in [2.05, 4.69) is 29.2 Å². The quantitative estimate of drug-likeness (QED) is 0.454. The van der Waals surface area contributed by atoms with Gasteiger partial charge in [-0.25, -0.2) is 0 Å². The average Bonchev–Trinajstić information content (AvgIpc) is 3.17. The molecule has 0 unspecified atom stereocenters. The molecular weight excluding hydrogens is 414 g/mol. The number of allylic oxidation sites excluding steroid dienone is 1. The average molecular weight is 442 g/mol. The monoisotopic (exact) mass is 441 g/mol. The second kappa shape index (κ2) is 9.51. The van der Waals surface area contributed by atoms with Crippen LogP contribution in [-0.2, 0) is 13.0 Å². The first kappa shape index (κ1) is 21.3. The van der Waals surface area contributed by atoms with E-state index in [0.29, 0.717) is 37.0 Å². The van der Waals surface area contributed by atoms with Gasteiger partial charge >= 0.3 is 0 Å². The van der Waals surface area contributed by atoms with Crippen molar-refractivity contribution < 1.29 is 19.0 Å². The largest absolute Gasteiger partial charge is 0.494 e. The van der Waals surface area contributed by atoms with E-state index in [1.807, 2.05) is 43.3 Å². The minimum atomic E-state index is -0.0946. The normalized spacial score (nSPS) is 16.2. The van der Waals surface area contributed by atoms with E-state index in [4.69, 9.17) is 14.2 Å². The van der Waals surface area contributed by atoms with Crippen molar-refractivity contribution in [3.8, 4) is 17.2 Å². The minimum Gasteiger partial charge on any atom is -0.494 e. The summed E-state index contributed by atoms with van der Waals surface area (Å²) in [4.78, 5) is 15.3. The maximum atomic E-state index is 13.0. The molecule has 3 aromatic rings. The van der Waals surface area contributed by atoms with Gasteiger partial charge in [0.25, 0.3) is 0 Å². The van der Waals surface area contributed by atoms with Gasteiger partial charge in [0.2, 0.25) is 5.78 Å². The van der Waals surface area contributed by atoms with Gasteiger partial charge in [-0.2, -0.15) is 0 Å². The molecule has 0 atom stereocenters. The first-order valence-electron chi connectivity index (χ1n) is 11.4. The van der Waals surface area contributed by atoms with E-state index in [1.165, 1.54) is 5.56 Å². The van der Waals surface area contributed by atoms with Crippen LogP contribution in [0, 0.1) is 0 Å². The van der Waals surface area contributed by atoms with E-state index in [9.17, 15) is 4.79 Å². The molecular formula is C28H27NO4. The summed E-state index contributed by atoms with van der Waals surface area (Å²) in [5, 5.41) is 0. The highest BCUT2D eigenvalue weighted by atomic mass is 16.5. The smallest absolute Gasteiger partial charge is 0.231 e. The maximum Gasteiger partial charge on any atom is 0.231 e. The maximum absolute atomic E-state index is 13.0. The number of carbonyl (C=O) groups is 1. The van der Waals surface area contributed by atoms with Gasteiger partial charge in [0.15, 0.2) is 5.76 Å². The number of ether oxygens (including phenoxy) is 3. The number of benzene rings is 3. The van der Waals surface area contributed by atoms with Gasteiger partial charge < -0.3 is 14.2 Å². The fraction of sp³-hybridized carbons (Fsp3) is 0.250. The number of fused-ring (bicyclic) bond motifs is 3. The predicted molar refractivity (Wildman–Crippen MR) is 128 cm³/mol. The molecule has 0 bridgehead atoms. The fourth-order valence-corrected chi connectivity index (χ4v) is 4.28. The zero-order chi connectivity index (χ0) is 22.6. The zero-order valence-electron chi connectivity index (χ0n) is 18.8. The summed E-state index contributed by atoms with van der Waals surface area (Å²) in [6, 6.07) is 21.8. The summed E-state index contributed by atoms with van der Waals surface area (Å²) in [6.07, 6.45) is 3.85. The number of hydrogen-bond donors (Lipinski definition) is 0.